The van der Waals surface area contributed by atoms with E-state index >= 15 is 0 Å². The van der Waals surface area contributed by atoms with E-state index in [1.54, 1.807) is 6.07 Å². The predicted molar refractivity (Wildman–Crippen MR) is 104 cm³/mol. The van der Waals surface area contributed by atoms with Crippen LogP contribution < -0.4 is 11.1 Å². The fourth-order valence-corrected chi connectivity index (χ4v) is 3.57. The van der Waals surface area contributed by atoms with Gasteiger partial charge in [0.05, 0.1) is 23.9 Å². The van der Waals surface area contributed by atoms with E-state index in [2.05, 4.69) is 16.4 Å². The molecule has 1 atom stereocenters. The molecule has 0 fully saturated rings. The van der Waals surface area contributed by atoms with Gasteiger partial charge in [0.2, 0.25) is 0 Å². The van der Waals surface area contributed by atoms with Crippen molar-refractivity contribution >= 4 is 17.1 Å². The summed E-state index contributed by atoms with van der Waals surface area (Å²) in [6, 6.07) is 13.9. The molecule has 6 heteroatoms. The molecule has 1 heterocycles. The molecule has 0 saturated carbocycles. The molecule has 134 valence electrons. The minimum atomic E-state index is 0.164. The average Bonchev–Trinajstić information content (AvgIpc) is 3.23. The van der Waals surface area contributed by atoms with E-state index in [4.69, 9.17) is 20.8 Å². The standard InChI is InChI=1S/C21H19N5O/c22-10-13-4-6-16-14(8-13)2-1-3-19(16)26-15-5-7-18(23)17(9-15)21(24)20-11-25-12-27-20/h4-9,11-12,19,24,26H,1-3,23H2/t19-/m1/s1. The van der Waals surface area contributed by atoms with Gasteiger partial charge >= 0.3 is 0 Å². The summed E-state index contributed by atoms with van der Waals surface area (Å²) in [5, 5.41) is 21.0. The van der Waals surface area contributed by atoms with Crippen molar-refractivity contribution in [3.05, 3.63) is 77.0 Å². The predicted octanol–water partition coefficient (Wildman–Crippen LogP) is 4.03. The molecule has 1 aliphatic rings. The van der Waals surface area contributed by atoms with Crippen molar-refractivity contribution in [1.29, 1.82) is 10.7 Å². The maximum atomic E-state index is 9.12. The number of aryl methyl sites for hydroxylation is 1. The Morgan fingerprint density at radius 3 is 2.96 bits per heavy atom. The van der Waals surface area contributed by atoms with Crippen molar-refractivity contribution < 1.29 is 4.42 Å². The van der Waals surface area contributed by atoms with Gasteiger partial charge < -0.3 is 15.5 Å². The van der Waals surface area contributed by atoms with Crippen LogP contribution in [0, 0.1) is 16.7 Å². The first-order valence-electron chi connectivity index (χ1n) is 8.82. The number of aromatic nitrogens is 1. The minimum absolute atomic E-state index is 0.164. The number of hydrogen-bond acceptors (Lipinski definition) is 6. The monoisotopic (exact) mass is 357 g/mol. The topological polar surface area (TPSA) is 112 Å². The summed E-state index contributed by atoms with van der Waals surface area (Å²) in [5.74, 6) is 0.380. The largest absolute Gasteiger partial charge is 0.442 e. The molecule has 0 bridgehead atoms. The number of nitrogen functional groups attached to an aromatic ring is 1. The third-order valence-corrected chi connectivity index (χ3v) is 4.93. The zero-order chi connectivity index (χ0) is 18.8. The lowest BCUT2D eigenvalue weighted by atomic mass is 9.86. The van der Waals surface area contributed by atoms with Gasteiger partial charge in [-0.05, 0) is 60.7 Å². The molecule has 0 spiro atoms. The molecule has 4 rings (SSSR count). The van der Waals surface area contributed by atoms with Crippen LogP contribution in [0.5, 0.6) is 0 Å². The summed E-state index contributed by atoms with van der Waals surface area (Å²) in [6.07, 6.45) is 5.88. The van der Waals surface area contributed by atoms with Gasteiger partial charge in [0, 0.05) is 16.9 Å². The van der Waals surface area contributed by atoms with E-state index in [9.17, 15) is 0 Å². The van der Waals surface area contributed by atoms with Crippen molar-refractivity contribution in [2.24, 2.45) is 0 Å². The number of anilines is 2. The van der Waals surface area contributed by atoms with Crippen LogP contribution in [0.3, 0.4) is 0 Å². The Hall–Kier alpha value is -3.59. The second kappa shape index (κ2) is 6.96. The van der Waals surface area contributed by atoms with Gasteiger partial charge in [0.25, 0.3) is 0 Å². The van der Waals surface area contributed by atoms with E-state index in [1.165, 1.54) is 23.7 Å². The molecule has 6 nitrogen and oxygen atoms in total. The number of nitriles is 1. The zero-order valence-electron chi connectivity index (χ0n) is 14.7. The summed E-state index contributed by atoms with van der Waals surface area (Å²) in [6.45, 7) is 0. The number of benzene rings is 2. The van der Waals surface area contributed by atoms with Crippen molar-refractivity contribution in [2.75, 3.05) is 11.1 Å². The summed E-state index contributed by atoms with van der Waals surface area (Å²) in [4.78, 5) is 3.87. The molecule has 0 radical (unpaired) electrons. The normalized spacial score (nSPS) is 15.6. The Morgan fingerprint density at radius 1 is 1.30 bits per heavy atom. The number of hydrogen-bond donors (Lipinski definition) is 3. The van der Waals surface area contributed by atoms with E-state index in [0.29, 0.717) is 22.6 Å². The van der Waals surface area contributed by atoms with Crippen LogP contribution in [0.2, 0.25) is 0 Å². The molecule has 2 aromatic carbocycles. The lowest BCUT2D eigenvalue weighted by molar-refractivity contribution is 0.548. The number of oxazole rings is 1. The van der Waals surface area contributed by atoms with Gasteiger partial charge in [0.1, 0.15) is 5.71 Å². The Kier molecular flexibility index (Phi) is 4.35. The highest BCUT2D eigenvalue weighted by atomic mass is 16.3. The SMILES string of the molecule is N#Cc1ccc2c(c1)CCC[C@H]2Nc1ccc(N)c(C(=N)c2cnco2)c1. The molecule has 0 unspecified atom stereocenters. The van der Waals surface area contributed by atoms with Gasteiger partial charge in [-0.15, -0.1) is 0 Å². The van der Waals surface area contributed by atoms with Gasteiger partial charge in [0.15, 0.2) is 12.2 Å². The second-order valence-corrected chi connectivity index (χ2v) is 6.66. The summed E-state index contributed by atoms with van der Waals surface area (Å²) >= 11 is 0. The lowest BCUT2D eigenvalue weighted by Gasteiger charge is -2.27. The zero-order valence-corrected chi connectivity index (χ0v) is 14.7. The van der Waals surface area contributed by atoms with E-state index in [-0.39, 0.29) is 11.8 Å². The highest BCUT2D eigenvalue weighted by Crippen LogP contribution is 2.34. The Balaban J connectivity index is 1.62. The van der Waals surface area contributed by atoms with Crippen LogP contribution in [0.15, 0.2) is 53.4 Å². The average molecular weight is 357 g/mol. The van der Waals surface area contributed by atoms with E-state index < -0.39 is 0 Å². The number of nitrogens with zero attached hydrogens (tertiary/aromatic N) is 2. The Bertz CT molecular complexity index is 1030. The molecule has 3 aromatic rings. The molecule has 0 amide bonds. The Morgan fingerprint density at radius 2 is 2.19 bits per heavy atom. The Labute approximate surface area is 157 Å². The van der Waals surface area contributed by atoms with Crippen LogP contribution in [0.1, 0.15) is 46.9 Å². The maximum Gasteiger partial charge on any atom is 0.181 e. The highest BCUT2D eigenvalue weighted by Gasteiger charge is 2.21. The van der Waals surface area contributed by atoms with Gasteiger partial charge in [-0.2, -0.15) is 5.26 Å². The smallest absolute Gasteiger partial charge is 0.181 e. The number of fused-ring (bicyclic) bond motifs is 1. The minimum Gasteiger partial charge on any atom is -0.442 e. The highest BCUT2D eigenvalue weighted by molar-refractivity contribution is 6.12. The van der Waals surface area contributed by atoms with Crippen molar-refractivity contribution in [2.45, 2.75) is 25.3 Å². The van der Waals surface area contributed by atoms with Gasteiger partial charge in [-0.25, -0.2) is 4.98 Å². The van der Waals surface area contributed by atoms with E-state index in [1.807, 2.05) is 30.3 Å². The molecule has 4 N–H and O–H groups in total. The van der Waals surface area contributed by atoms with Crippen LogP contribution in [0.4, 0.5) is 11.4 Å². The van der Waals surface area contributed by atoms with Crippen molar-refractivity contribution in [1.82, 2.24) is 4.98 Å². The number of nitrogens with two attached hydrogens (primary N) is 1. The molecular formula is C21H19N5O. The van der Waals surface area contributed by atoms with Gasteiger partial charge in [-0.1, -0.05) is 6.07 Å². The first-order chi connectivity index (χ1) is 13.2. The summed E-state index contributed by atoms with van der Waals surface area (Å²) < 4.78 is 5.22. The molecule has 27 heavy (non-hydrogen) atoms. The first kappa shape index (κ1) is 16.9. The van der Waals surface area contributed by atoms with Crippen LogP contribution in [-0.4, -0.2) is 10.7 Å². The fourth-order valence-electron chi connectivity index (χ4n) is 3.57. The first-order valence-corrected chi connectivity index (χ1v) is 8.82. The van der Waals surface area contributed by atoms with E-state index in [0.717, 1.165) is 24.9 Å². The molecule has 0 aliphatic heterocycles. The summed E-state index contributed by atoms with van der Waals surface area (Å²) in [5.41, 5.74) is 11.4. The molecule has 0 saturated heterocycles. The quantitative estimate of drug-likeness (QED) is 0.482. The molecule has 1 aromatic heterocycles. The third kappa shape index (κ3) is 3.27. The van der Waals surface area contributed by atoms with Crippen molar-refractivity contribution in [3.8, 4) is 6.07 Å². The number of rotatable bonds is 4. The van der Waals surface area contributed by atoms with Crippen LogP contribution >= 0.6 is 0 Å². The molecule has 1 aliphatic carbocycles. The fraction of sp³-hybridized carbons (Fsp3) is 0.190. The maximum absolute atomic E-state index is 9.12. The second-order valence-electron chi connectivity index (χ2n) is 6.66. The number of nitrogens with one attached hydrogen (secondary N) is 2. The third-order valence-electron chi connectivity index (χ3n) is 4.93. The van der Waals surface area contributed by atoms with Crippen LogP contribution in [0.25, 0.3) is 0 Å². The van der Waals surface area contributed by atoms with Crippen molar-refractivity contribution in [3.63, 3.8) is 0 Å². The van der Waals surface area contributed by atoms with Crippen LogP contribution in [-0.2, 0) is 6.42 Å². The summed E-state index contributed by atoms with van der Waals surface area (Å²) in [7, 11) is 0. The lowest BCUT2D eigenvalue weighted by Crippen LogP contribution is -2.18. The van der Waals surface area contributed by atoms with Gasteiger partial charge in [-0.3, -0.25) is 5.41 Å². The molecular weight excluding hydrogens is 338 g/mol.